The maximum Gasteiger partial charge on any atom is 0.470 e. The fraction of sp³-hybridized carbons (Fsp3) is 0.833. The summed E-state index contributed by atoms with van der Waals surface area (Å²) in [6.07, 6.45) is -4.73. The van der Waals surface area contributed by atoms with Gasteiger partial charge in [-0.25, -0.2) is 0 Å². The molecule has 0 radical (unpaired) electrons. The fourth-order valence-electron chi connectivity index (χ4n) is 0.760. The minimum Gasteiger partial charge on any atom is -0.377 e. The molecule has 0 aliphatic rings. The van der Waals surface area contributed by atoms with Crippen molar-refractivity contribution in [3.05, 3.63) is 0 Å². The molecule has 0 fully saturated rings. The van der Waals surface area contributed by atoms with Crippen LogP contribution in [0.25, 0.3) is 0 Å². The van der Waals surface area contributed by atoms with Gasteiger partial charge in [-0.05, 0) is 12.1 Å². The van der Waals surface area contributed by atoms with E-state index in [9.17, 15) is 18.0 Å². The summed E-state index contributed by atoms with van der Waals surface area (Å²) in [5.41, 5.74) is 0. The molecule has 0 aromatic carbocycles. The Kier molecular flexibility index (Phi) is 4.29. The smallest absolute Gasteiger partial charge is 0.377 e. The lowest BCUT2D eigenvalue weighted by atomic mass is 10.6. The highest BCUT2D eigenvalue weighted by Gasteiger charge is 2.39. The van der Waals surface area contributed by atoms with Crippen LogP contribution in [0.2, 0.25) is 12.1 Å². The van der Waals surface area contributed by atoms with Crippen molar-refractivity contribution in [3.8, 4) is 0 Å². The molecule has 1 amide bonds. The van der Waals surface area contributed by atoms with Crippen molar-refractivity contribution in [1.82, 2.24) is 4.98 Å². The van der Waals surface area contributed by atoms with E-state index in [-0.39, 0.29) is 0 Å². The third-order valence-electron chi connectivity index (χ3n) is 1.58. The summed E-state index contributed by atoms with van der Waals surface area (Å²) >= 11 is 0. The van der Waals surface area contributed by atoms with Gasteiger partial charge in [0.2, 0.25) is 0 Å². The van der Waals surface area contributed by atoms with Crippen molar-refractivity contribution in [2.24, 2.45) is 0 Å². The van der Waals surface area contributed by atoms with E-state index in [0.717, 1.165) is 0 Å². The van der Waals surface area contributed by atoms with E-state index in [0.29, 0.717) is 12.1 Å². The molecular weight excluding hydrogens is 187 g/mol. The fourth-order valence-corrected chi connectivity index (χ4v) is 2.28. The van der Waals surface area contributed by atoms with Gasteiger partial charge in [-0.1, -0.05) is 13.8 Å². The summed E-state index contributed by atoms with van der Waals surface area (Å²) in [5.74, 6) is -1.79. The van der Waals surface area contributed by atoms with Crippen LogP contribution in [0.4, 0.5) is 13.2 Å². The molecule has 0 spiro atoms. The Balaban J connectivity index is 3.99. The Morgan fingerprint density at radius 1 is 1.33 bits per heavy atom. The van der Waals surface area contributed by atoms with E-state index in [4.69, 9.17) is 0 Å². The first-order valence-electron chi connectivity index (χ1n) is 3.79. The van der Waals surface area contributed by atoms with Gasteiger partial charge in [0.15, 0.2) is 0 Å². The van der Waals surface area contributed by atoms with Crippen LogP contribution in [0, 0.1) is 0 Å². The molecule has 72 valence electrons. The van der Waals surface area contributed by atoms with Crippen LogP contribution in [-0.4, -0.2) is 21.0 Å². The third kappa shape index (κ3) is 3.75. The summed E-state index contributed by atoms with van der Waals surface area (Å²) < 4.78 is 35.1. The number of halogens is 3. The average molecular weight is 199 g/mol. The number of carbonyl (C=O) groups is 1. The van der Waals surface area contributed by atoms with Crippen LogP contribution >= 0.6 is 0 Å². The molecule has 0 atom stereocenters. The van der Waals surface area contributed by atoms with Crippen LogP contribution < -0.4 is 4.98 Å². The second-order valence-corrected chi connectivity index (χ2v) is 5.80. The van der Waals surface area contributed by atoms with Crippen LogP contribution in [0.5, 0.6) is 0 Å². The van der Waals surface area contributed by atoms with Crippen molar-refractivity contribution in [1.29, 1.82) is 0 Å². The Morgan fingerprint density at radius 2 is 1.75 bits per heavy atom. The second kappa shape index (κ2) is 4.49. The molecule has 0 aromatic heterocycles. The minimum absolute atomic E-state index is 0.651. The lowest BCUT2D eigenvalue weighted by Gasteiger charge is -2.13. The number of carbonyl (C=O) groups excluding carboxylic acids is 1. The summed E-state index contributed by atoms with van der Waals surface area (Å²) in [6.45, 7) is 3.58. The van der Waals surface area contributed by atoms with Crippen LogP contribution in [-0.2, 0) is 4.79 Å². The van der Waals surface area contributed by atoms with Gasteiger partial charge in [0.05, 0.1) is 0 Å². The maximum absolute atomic E-state index is 11.7. The zero-order valence-corrected chi connectivity index (χ0v) is 8.19. The molecule has 0 saturated carbocycles. The normalized spacial score (nSPS) is 11.8. The summed E-state index contributed by atoms with van der Waals surface area (Å²) in [6, 6.07) is 1.30. The summed E-state index contributed by atoms with van der Waals surface area (Å²) in [7, 11) is -1.67. The van der Waals surface area contributed by atoms with Gasteiger partial charge in [0.1, 0.15) is 8.96 Å². The summed E-state index contributed by atoms with van der Waals surface area (Å²) in [4.78, 5) is 12.4. The van der Waals surface area contributed by atoms with E-state index in [1.165, 1.54) is 0 Å². The van der Waals surface area contributed by atoms with Gasteiger partial charge in [0.25, 0.3) is 0 Å². The largest absolute Gasteiger partial charge is 0.470 e. The first kappa shape index (κ1) is 11.5. The van der Waals surface area contributed by atoms with Gasteiger partial charge in [-0.3, -0.25) is 4.79 Å². The molecule has 1 N–H and O–H groups in total. The Bertz CT molecular complexity index is 155. The Hall–Kier alpha value is -0.523. The predicted octanol–water partition coefficient (Wildman–Crippen LogP) is 1.43. The molecule has 0 saturated heterocycles. The molecule has 12 heavy (non-hydrogen) atoms. The van der Waals surface area contributed by atoms with Gasteiger partial charge < -0.3 is 4.98 Å². The molecule has 0 unspecified atom stereocenters. The van der Waals surface area contributed by atoms with Gasteiger partial charge >= 0.3 is 12.1 Å². The van der Waals surface area contributed by atoms with E-state index >= 15 is 0 Å². The second-order valence-electron chi connectivity index (χ2n) is 2.48. The number of alkyl halides is 3. The standard InChI is InChI=1S/C6H12F3NOSi/c1-3-12(4-2)10-5(11)6(7,8)9/h12H,3-4H2,1-2H3,(H,10,11). The molecule has 0 bridgehead atoms. The average Bonchev–Trinajstić information content (AvgIpc) is 1.97. The molecule has 0 aromatic rings. The van der Waals surface area contributed by atoms with E-state index < -0.39 is 21.0 Å². The van der Waals surface area contributed by atoms with Crippen molar-refractivity contribution in [2.45, 2.75) is 32.1 Å². The lowest BCUT2D eigenvalue weighted by molar-refractivity contribution is -0.171. The zero-order chi connectivity index (χ0) is 9.78. The number of hydrogen-bond acceptors (Lipinski definition) is 1. The highest BCUT2D eigenvalue weighted by molar-refractivity contribution is 6.58. The zero-order valence-electron chi connectivity index (χ0n) is 7.03. The topological polar surface area (TPSA) is 29.1 Å². The van der Waals surface area contributed by atoms with Crippen molar-refractivity contribution >= 4 is 14.9 Å². The van der Waals surface area contributed by atoms with Crippen LogP contribution in [0.15, 0.2) is 0 Å². The molecule has 0 aliphatic heterocycles. The molecule has 0 aliphatic carbocycles. The van der Waals surface area contributed by atoms with Gasteiger partial charge in [0, 0.05) is 0 Å². The molecule has 6 heteroatoms. The molecule has 0 heterocycles. The number of hydrogen-bond donors (Lipinski definition) is 1. The van der Waals surface area contributed by atoms with Crippen LogP contribution in [0.3, 0.4) is 0 Å². The highest BCUT2D eigenvalue weighted by atomic mass is 28.3. The Labute approximate surface area is 70.8 Å². The number of nitrogens with one attached hydrogen (secondary N) is 1. The third-order valence-corrected chi connectivity index (χ3v) is 4.22. The monoisotopic (exact) mass is 199 g/mol. The van der Waals surface area contributed by atoms with Crippen molar-refractivity contribution in [3.63, 3.8) is 0 Å². The number of amides is 1. The van der Waals surface area contributed by atoms with E-state index in [1.807, 2.05) is 4.98 Å². The van der Waals surface area contributed by atoms with Gasteiger partial charge in [-0.2, -0.15) is 13.2 Å². The van der Waals surface area contributed by atoms with E-state index in [2.05, 4.69) is 0 Å². The first-order chi connectivity index (χ1) is 5.41. The highest BCUT2D eigenvalue weighted by Crippen LogP contribution is 2.14. The quantitative estimate of drug-likeness (QED) is 0.684. The van der Waals surface area contributed by atoms with Crippen molar-refractivity contribution < 1.29 is 18.0 Å². The molecule has 0 rings (SSSR count). The number of rotatable bonds is 3. The maximum atomic E-state index is 11.7. The molecular formula is C6H12F3NOSi. The SMILES string of the molecule is CC[SiH](CC)NC(=O)C(F)(F)F. The first-order valence-corrected chi connectivity index (χ1v) is 6.00. The lowest BCUT2D eigenvalue weighted by Crippen LogP contribution is -2.45. The summed E-state index contributed by atoms with van der Waals surface area (Å²) in [5, 5.41) is 0. The van der Waals surface area contributed by atoms with Crippen LogP contribution in [0.1, 0.15) is 13.8 Å². The van der Waals surface area contributed by atoms with Gasteiger partial charge in [-0.15, -0.1) is 0 Å². The predicted molar refractivity (Wildman–Crippen MR) is 42.3 cm³/mol. The Morgan fingerprint density at radius 3 is 2.00 bits per heavy atom. The minimum atomic E-state index is -4.73. The van der Waals surface area contributed by atoms with E-state index in [1.54, 1.807) is 13.8 Å². The van der Waals surface area contributed by atoms with Crippen molar-refractivity contribution in [2.75, 3.05) is 0 Å². The molecule has 2 nitrogen and oxygen atoms in total.